The number of carbonyl (C=O) groups is 3. The monoisotopic (exact) mass is 327 g/mol. The van der Waals surface area contributed by atoms with Gasteiger partial charge in [-0.3, -0.25) is 14.4 Å². The van der Waals surface area contributed by atoms with Crippen LogP contribution in [0.4, 0.5) is 0 Å². The van der Waals surface area contributed by atoms with Crippen LogP contribution in [0, 0.1) is 0 Å². The molecule has 7 nitrogen and oxygen atoms in total. The van der Waals surface area contributed by atoms with E-state index in [0.29, 0.717) is 6.42 Å². The predicted molar refractivity (Wildman–Crippen MR) is 81.2 cm³/mol. The molecule has 0 saturated heterocycles. The van der Waals surface area contributed by atoms with Crippen molar-refractivity contribution < 1.29 is 28.9 Å². The summed E-state index contributed by atoms with van der Waals surface area (Å²) in [6, 6.07) is 0. The molecule has 0 unspecified atom stereocenters. The van der Waals surface area contributed by atoms with Crippen molar-refractivity contribution in [1.29, 1.82) is 0 Å². The average molecular weight is 327 g/mol. The molecule has 0 aliphatic rings. The molecule has 0 atom stereocenters. The fourth-order valence-electron chi connectivity index (χ4n) is 1.35. The first-order valence-corrected chi connectivity index (χ1v) is 7.45. The van der Waals surface area contributed by atoms with Gasteiger partial charge >= 0.3 is 47.5 Å². The fourth-order valence-corrected chi connectivity index (χ4v) is 1.35. The first kappa shape index (κ1) is 23.6. The van der Waals surface area contributed by atoms with Crippen molar-refractivity contribution in [2.24, 2.45) is 0 Å². The third-order valence-corrected chi connectivity index (χ3v) is 2.59. The second kappa shape index (κ2) is 15.3. The van der Waals surface area contributed by atoms with Crippen molar-refractivity contribution in [3.05, 3.63) is 0 Å². The van der Waals surface area contributed by atoms with Gasteiger partial charge in [-0.05, 0) is 6.42 Å². The van der Waals surface area contributed by atoms with Gasteiger partial charge in [0.15, 0.2) is 0 Å². The molecule has 0 aromatic rings. The van der Waals surface area contributed by atoms with Crippen molar-refractivity contribution in [2.75, 3.05) is 0 Å². The third kappa shape index (κ3) is 13.1. The van der Waals surface area contributed by atoms with Gasteiger partial charge in [-0.15, -0.1) is 0 Å². The summed E-state index contributed by atoms with van der Waals surface area (Å²) in [7, 11) is 0. The van der Waals surface area contributed by atoms with Gasteiger partial charge in [0.2, 0.25) is 5.39 Å². The van der Waals surface area contributed by atoms with Crippen LogP contribution in [-0.2, 0) is 28.9 Å². The summed E-state index contributed by atoms with van der Waals surface area (Å²) in [6.07, 6.45) is 5.21. The molecular formula is C14H26NNaO6. The zero-order valence-corrected chi connectivity index (χ0v) is 13.1. The van der Waals surface area contributed by atoms with Gasteiger partial charge in [0, 0.05) is 19.3 Å². The van der Waals surface area contributed by atoms with E-state index in [1.54, 1.807) is 13.8 Å². The van der Waals surface area contributed by atoms with Gasteiger partial charge in [-0.25, -0.2) is 0 Å². The van der Waals surface area contributed by atoms with Crippen LogP contribution in [0.15, 0.2) is 0 Å². The van der Waals surface area contributed by atoms with Crippen LogP contribution in [0.1, 0.15) is 72.1 Å². The summed E-state index contributed by atoms with van der Waals surface area (Å²) >= 11 is 0. The number of rotatable bonds is 11. The standard InChI is InChI=1S/C14H25NO6.Na.H/c1-4-7-8-9-10-11-14(18)21-15(19-12(16)5-2)20-13(17)6-3;;/h4-11H2,1-3H3;;. The maximum atomic E-state index is 11.6. The molecule has 0 fully saturated rings. The minimum atomic E-state index is -0.672. The molecule has 0 rings (SSSR count). The first-order chi connectivity index (χ1) is 10.0. The van der Waals surface area contributed by atoms with Gasteiger partial charge in [0.1, 0.15) is 0 Å². The van der Waals surface area contributed by atoms with Crippen LogP contribution in [0.5, 0.6) is 0 Å². The van der Waals surface area contributed by atoms with Crippen molar-refractivity contribution in [3.8, 4) is 0 Å². The predicted octanol–water partition coefficient (Wildman–Crippen LogP) is 2.20. The fraction of sp³-hybridized carbons (Fsp3) is 0.786. The maximum absolute atomic E-state index is 11.6. The van der Waals surface area contributed by atoms with Gasteiger partial charge in [0.25, 0.3) is 0 Å². The summed E-state index contributed by atoms with van der Waals surface area (Å²) in [6.45, 7) is 5.24. The minimum absolute atomic E-state index is 0. The molecule has 0 radical (unpaired) electrons. The molecule has 0 saturated carbocycles. The molecule has 124 valence electrons. The van der Waals surface area contributed by atoms with Crippen LogP contribution >= 0.6 is 0 Å². The summed E-state index contributed by atoms with van der Waals surface area (Å²) in [5.41, 5.74) is 0. The zero-order valence-electron chi connectivity index (χ0n) is 13.1. The van der Waals surface area contributed by atoms with Gasteiger partial charge < -0.3 is 14.5 Å². The number of hydrogen-bond acceptors (Lipinski definition) is 7. The summed E-state index contributed by atoms with van der Waals surface area (Å²) in [5.74, 6) is -1.95. The zero-order chi connectivity index (χ0) is 16.1. The summed E-state index contributed by atoms with van der Waals surface area (Å²) in [5, 5.41) is 0.200. The molecule has 8 heteroatoms. The van der Waals surface area contributed by atoms with E-state index in [1.807, 2.05) is 0 Å². The quantitative estimate of drug-likeness (QED) is 0.327. The summed E-state index contributed by atoms with van der Waals surface area (Å²) in [4.78, 5) is 47.8. The third-order valence-electron chi connectivity index (χ3n) is 2.59. The van der Waals surface area contributed by atoms with Crippen molar-refractivity contribution >= 4 is 47.5 Å². The number of nitrogens with zero attached hydrogens (tertiary/aromatic N) is 1. The average Bonchev–Trinajstić information content (AvgIpc) is 2.46. The molecular weight excluding hydrogens is 301 g/mol. The summed E-state index contributed by atoms with van der Waals surface area (Å²) < 4.78 is 0. The molecule has 22 heavy (non-hydrogen) atoms. The van der Waals surface area contributed by atoms with Crippen LogP contribution in [0.3, 0.4) is 0 Å². The Kier molecular flexibility index (Phi) is 16.4. The topological polar surface area (TPSA) is 82.1 Å². The Bertz CT molecular complexity index is 319. The SMILES string of the molecule is CCCCCCCC(=O)ON(OC(=O)CC)OC(=O)CC.[NaH]. The van der Waals surface area contributed by atoms with Crippen LogP contribution in [-0.4, -0.2) is 52.9 Å². The van der Waals surface area contributed by atoms with E-state index in [-0.39, 0.29) is 54.2 Å². The van der Waals surface area contributed by atoms with E-state index >= 15 is 0 Å². The van der Waals surface area contributed by atoms with Crippen LogP contribution in [0.25, 0.3) is 0 Å². The second-order valence-electron chi connectivity index (χ2n) is 4.48. The molecule has 0 spiro atoms. The molecule has 0 N–H and O–H groups in total. The van der Waals surface area contributed by atoms with Gasteiger partial charge in [-0.1, -0.05) is 46.5 Å². The molecule has 0 aromatic carbocycles. The van der Waals surface area contributed by atoms with E-state index < -0.39 is 17.9 Å². The van der Waals surface area contributed by atoms with Crippen molar-refractivity contribution in [2.45, 2.75) is 72.1 Å². The van der Waals surface area contributed by atoms with E-state index in [0.717, 1.165) is 25.7 Å². The van der Waals surface area contributed by atoms with E-state index in [2.05, 4.69) is 16.6 Å². The molecule has 0 amide bonds. The van der Waals surface area contributed by atoms with E-state index in [4.69, 9.17) is 4.84 Å². The Labute approximate surface area is 153 Å². The Hall–Kier alpha value is -0.630. The molecule has 0 aromatic heterocycles. The molecule has 0 heterocycles. The molecule has 0 aliphatic heterocycles. The van der Waals surface area contributed by atoms with Gasteiger partial charge in [-0.2, -0.15) is 0 Å². The number of unbranched alkanes of at least 4 members (excludes halogenated alkanes) is 4. The van der Waals surface area contributed by atoms with Crippen LogP contribution < -0.4 is 0 Å². The Morgan fingerprint density at radius 2 is 1.18 bits per heavy atom. The number of hydrogen-bond donors (Lipinski definition) is 0. The van der Waals surface area contributed by atoms with Crippen LogP contribution in [0.2, 0.25) is 0 Å². The Morgan fingerprint density at radius 3 is 1.64 bits per heavy atom. The second-order valence-corrected chi connectivity index (χ2v) is 4.48. The van der Waals surface area contributed by atoms with Gasteiger partial charge in [0.05, 0.1) is 0 Å². The Balaban J connectivity index is 0. The number of carbonyl (C=O) groups excluding carboxylic acids is 3. The van der Waals surface area contributed by atoms with E-state index in [9.17, 15) is 14.4 Å². The first-order valence-electron chi connectivity index (χ1n) is 7.45. The van der Waals surface area contributed by atoms with E-state index in [1.165, 1.54) is 0 Å². The normalized spacial score (nSPS) is 9.82. The Morgan fingerprint density at radius 1 is 0.727 bits per heavy atom. The molecule has 0 aliphatic carbocycles. The molecule has 0 bridgehead atoms. The van der Waals surface area contributed by atoms with Crippen molar-refractivity contribution in [3.63, 3.8) is 0 Å². The van der Waals surface area contributed by atoms with Crippen molar-refractivity contribution in [1.82, 2.24) is 5.39 Å².